The molecule has 2 atom stereocenters. The number of carboxylic acid groups (broad SMARTS) is 1. The summed E-state index contributed by atoms with van der Waals surface area (Å²) in [6.45, 7) is 2.53. The summed E-state index contributed by atoms with van der Waals surface area (Å²) >= 11 is 0. The molecular weight excluding hydrogens is 298 g/mol. The normalized spacial score (nSPS) is 18.5. The van der Waals surface area contributed by atoms with Gasteiger partial charge in [0.05, 0.1) is 18.4 Å². The van der Waals surface area contributed by atoms with E-state index in [4.69, 9.17) is 10.8 Å². The minimum absolute atomic E-state index is 0.0557. The molecule has 1 aliphatic heterocycles. The summed E-state index contributed by atoms with van der Waals surface area (Å²) in [5.74, 6) is -1.58. The van der Waals surface area contributed by atoms with Gasteiger partial charge in [-0.3, -0.25) is 9.59 Å². The van der Waals surface area contributed by atoms with E-state index in [0.717, 1.165) is 11.1 Å². The first-order valence-electron chi connectivity index (χ1n) is 7.50. The first kappa shape index (κ1) is 16.8. The van der Waals surface area contributed by atoms with Gasteiger partial charge in [-0.1, -0.05) is 24.3 Å². The van der Waals surface area contributed by atoms with Crippen LogP contribution in [0.15, 0.2) is 24.3 Å². The summed E-state index contributed by atoms with van der Waals surface area (Å²) in [5, 5.41) is 11.6. The first-order chi connectivity index (χ1) is 10.9. The van der Waals surface area contributed by atoms with E-state index in [1.165, 1.54) is 4.90 Å². The molecule has 124 valence electrons. The molecule has 1 fully saturated rings. The zero-order valence-corrected chi connectivity index (χ0v) is 13.0. The number of likely N-dealkylation sites (tertiary alicyclic amines) is 1. The smallest absolute Gasteiger partial charge is 0.312 e. The number of urea groups is 1. The van der Waals surface area contributed by atoms with Crippen LogP contribution in [0.5, 0.6) is 0 Å². The number of rotatable bonds is 5. The van der Waals surface area contributed by atoms with Gasteiger partial charge in [-0.05, 0) is 24.5 Å². The number of benzene rings is 1. The highest BCUT2D eigenvalue weighted by Gasteiger charge is 2.32. The van der Waals surface area contributed by atoms with Crippen LogP contribution in [-0.4, -0.2) is 41.0 Å². The summed E-state index contributed by atoms with van der Waals surface area (Å²) in [6, 6.07) is 6.22. The first-order valence-corrected chi connectivity index (χ1v) is 7.50. The highest BCUT2D eigenvalue weighted by atomic mass is 16.4. The number of primary amides is 1. The van der Waals surface area contributed by atoms with E-state index in [2.05, 4.69) is 5.32 Å². The number of hydrogen-bond acceptors (Lipinski definition) is 3. The van der Waals surface area contributed by atoms with Crippen LogP contribution >= 0.6 is 0 Å². The van der Waals surface area contributed by atoms with E-state index < -0.39 is 24.0 Å². The standard InChI is InChI=1S/C16H21N3O4/c1-10-4-2-3-5-12(10)13(18-16(17)23)8-14(20)19-7-6-11(9-19)15(21)22/h2-5,11,13H,6-9H2,1H3,(H,21,22)(H3,17,18,23). The summed E-state index contributed by atoms with van der Waals surface area (Å²) < 4.78 is 0. The molecule has 4 N–H and O–H groups in total. The van der Waals surface area contributed by atoms with Crippen molar-refractivity contribution in [2.45, 2.75) is 25.8 Å². The van der Waals surface area contributed by atoms with E-state index in [-0.39, 0.29) is 18.9 Å². The number of carbonyl (C=O) groups excluding carboxylic acids is 2. The van der Waals surface area contributed by atoms with E-state index in [9.17, 15) is 14.4 Å². The highest BCUT2D eigenvalue weighted by molar-refractivity contribution is 5.80. The lowest BCUT2D eigenvalue weighted by atomic mass is 9.98. The lowest BCUT2D eigenvalue weighted by Crippen LogP contribution is -2.38. The molecule has 0 saturated carbocycles. The fraction of sp³-hybridized carbons (Fsp3) is 0.438. The summed E-state index contributed by atoms with van der Waals surface area (Å²) in [7, 11) is 0. The van der Waals surface area contributed by atoms with Gasteiger partial charge in [-0.2, -0.15) is 0 Å². The molecule has 0 aromatic heterocycles. The van der Waals surface area contributed by atoms with Crippen molar-refractivity contribution in [2.24, 2.45) is 11.7 Å². The third-order valence-electron chi connectivity index (χ3n) is 4.15. The van der Waals surface area contributed by atoms with E-state index in [0.29, 0.717) is 13.0 Å². The third-order valence-corrected chi connectivity index (χ3v) is 4.15. The Morgan fingerprint density at radius 1 is 1.39 bits per heavy atom. The Morgan fingerprint density at radius 3 is 2.65 bits per heavy atom. The fourth-order valence-corrected chi connectivity index (χ4v) is 2.88. The van der Waals surface area contributed by atoms with Crippen molar-refractivity contribution in [2.75, 3.05) is 13.1 Å². The average Bonchev–Trinajstić information content (AvgIpc) is 2.96. The van der Waals surface area contributed by atoms with Crippen LogP contribution < -0.4 is 11.1 Å². The third kappa shape index (κ3) is 4.21. The van der Waals surface area contributed by atoms with Gasteiger partial charge in [0.15, 0.2) is 0 Å². The van der Waals surface area contributed by atoms with E-state index in [1.54, 1.807) is 0 Å². The number of aliphatic carboxylic acids is 1. The highest BCUT2D eigenvalue weighted by Crippen LogP contribution is 2.24. The van der Waals surface area contributed by atoms with Crippen molar-refractivity contribution in [1.29, 1.82) is 0 Å². The van der Waals surface area contributed by atoms with Gasteiger partial charge >= 0.3 is 12.0 Å². The van der Waals surface area contributed by atoms with Crippen LogP contribution in [0, 0.1) is 12.8 Å². The molecule has 1 aromatic rings. The number of carboxylic acids is 1. The van der Waals surface area contributed by atoms with Crippen molar-refractivity contribution in [3.8, 4) is 0 Å². The number of nitrogens with zero attached hydrogens (tertiary/aromatic N) is 1. The Labute approximate surface area is 134 Å². The van der Waals surface area contributed by atoms with Crippen molar-refractivity contribution >= 4 is 17.9 Å². The Morgan fingerprint density at radius 2 is 2.09 bits per heavy atom. The monoisotopic (exact) mass is 319 g/mol. The van der Waals surface area contributed by atoms with Crippen molar-refractivity contribution in [3.05, 3.63) is 35.4 Å². The summed E-state index contributed by atoms with van der Waals surface area (Å²) in [5.41, 5.74) is 6.99. The number of hydrogen-bond donors (Lipinski definition) is 3. The average molecular weight is 319 g/mol. The molecule has 2 unspecified atom stereocenters. The van der Waals surface area contributed by atoms with Crippen LogP contribution in [0.25, 0.3) is 0 Å². The van der Waals surface area contributed by atoms with Gasteiger partial charge in [0.25, 0.3) is 0 Å². The minimum atomic E-state index is -0.883. The van der Waals surface area contributed by atoms with Crippen LogP contribution in [0.2, 0.25) is 0 Å². The van der Waals surface area contributed by atoms with Crippen LogP contribution in [0.1, 0.15) is 30.0 Å². The molecule has 1 heterocycles. The molecule has 7 nitrogen and oxygen atoms in total. The maximum atomic E-state index is 12.4. The largest absolute Gasteiger partial charge is 0.481 e. The lowest BCUT2D eigenvalue weighted by Gasteiger charge is -2.23. The number of nitrogens with two attached hydrogens (primary N) is 1. The van der Waals surface area contributed by atoms with Gasteiger partial charge in [-0.15, -0.1) is 0 Å². The maximum Gasteiger partial charge on any atom is 0.312 e. The predicted octanol–water partition coefficient (Wildman–Crippen LogP) is 1.03. The fourth-order valence-electron chi connectivity index (χ4n) is 2.88. The van der Waals surface area contributed by atoms with Gasteiger partial charge in [-0.25, -0.2) is 4.79 Å². The number of aryl methyl sites for hydroxylation is 1. The number of nitrogens with one attached hydrogen (secondary N) is 1. The molecule has 3 amide bonds. The van der Waals surface area contributed by atoms with Gasteiger partial charge in [0.1, 0.15) is 0 Å². The van der Waals surface area contributed by atoms with Crippen molar-refractivity contribution < 1.29 is 19.5 Å². The predicted molar refractivity (Wildman–Crippen MR) is 83.6 cm³/mol. The van der Waals surface area contributed by atoms with Crippen LogP contribution in [0.4, 0.5) is 4.79 Å². The zero-order valence-electron chi connectivity index (χ0n) is 13.0. The minimum Gasteiger partial charge on any atom is -0.481 e. The molecule has 0 bridgehead atoms. The molecule has 1 aromatic carbocycles. The van der Waals surface area contributed by atoms with Crippen LogP contribution in [-0.2, 0) is 9.59 Å². The molecule has 2 rings (SSSR count). The lowest BCUT2D eigenvalue weighted by molar-refractivity contribution is -0.141. The molecule has 1 saturated heterocycles. The number of carbonyl (C=O) groups is 3. The van der Waals surface area contributed by atoms with E-state index in [1.807, 2.05) is 31.2 Å². The molecule has 0 spiro atoms. The second kappa shape index (κ2) is 7.13. The molecule has 23 heavy (non-hydrogen) atoms. The second-order valence-electron chi connectivity index (χ2n) is 5.79. The Balaban J connectivity index is 2.09. The van der Waals surface area contributed by atoms with Gasteiger partial charge in [0, 0.05) is 13.1 Å². The quantitative estimate of drug-likeness (QED) is 0.752. The molecule has 0 radical (unpaired) electrons. The van der Waals surface area contributed by atoms with Gasteiger partial charge < -0.3 is 21.1 Å². The van der Waals surface area contributed by atoms with E-state index >= 15 is 0 Å². The molecule has 7 heteroatoms. The number of amides is 3. The Hall–Kier alpha value is -2.57. The SMILES string of the molecule is Cc1ccccc1C(CC(=O)N1CCC(C(=O)O)C1)NC(N)=O. The summed E-state index contributed by atoms with van der Waals surface area (Å²) in [4.78, 5) is 36.2. The maximum absolute atomic E-state index is 12.4. The molecule has 1 aliphatic rings. The van der Waals surface area contributed by atoms with Crippen molar-refractivity contribution in [3.63, 3.8) is 0 Å². The Kier molecular flexibility index (Phi) is 5.20. The Bertz CT molecular complexity index is 617. The molecular formula is C16H21N3O4. The van der Waals surface area contributed by atoms with Gasteiger partial charge in [0.2, 0.25) is 5.91 Å². The van der Waals surface area contributed by atoms with Crippen molar-refractivity contribution in [1.82, 2.24) is 10.2 Å². The topological polar surface area (TPSA) is 113 Å². The summed E-state index contributed by atoms with van der Waals surface area (Å²) in [6.07, 6.45) is 0.513. The molecule has 0 aliphatic carbocycles. The second-order valence-corrected chi connectivity index (χ2v) is 5.79. The van der Waals surface area contributed by atoms with Crippen LogP contribution in [0.3, 0.4) is 0 Å². The zero-order chi connectivity index (χ0) is 17.0.